The average molecular weight is 291 g/mol. The maximum absolute atomic E-state index is 11.6. The van der Waals surface area contributed by atoms with Crippen LogP contribution in [0.25, 0.3) is 0 Å². The summed E-state index contributed by atoms with van der Waals surface area (Å²) < 4.78 is 6.54. The topological polar surface area (TPSA) is 73.2 Å². The number of ether oxygens (including phenoxy) is 1. The molecule has 0 aromatic carbocycles. The van der Waals surface area contributed by atoms with E-state index < -0.39 is 5.41 Å². The Bertz CT molecular complexity index is 559. The maximum Gasteiger partial charge on any atom is 0.313 e. The molecule has 6 heteroatoms. The van der Waals surface area contributed by atoms with Crippen molar-refractivity contribution in [2.45, 2.75) is 47.3 Å². The van der Waals surface area contributed by atoms with Crippen LogP contribution in [0.1, 0.15) is 40.5 Å². The Labute approximate surface area is 124 Å². The molecule has 114 valence electrons. The monoisotopic (exact) mass is 291 g/mol. The van der Waals surface area contributed by atoms with Gasteiger partial charge in [-0.15, -0.1) is 0 Å². The smallest absolute Gasteiger partial charge is 0.313 e. The van der Waals surface area contributed by atoms with Gasteiger partial charge >= 0.3 is 5.97 Å². The quantitative estimate of drug-likeness (QED) is 0.681. The van der Waals surface area contributed by atoms with Gasteiger partial charge in [0, 0.05) is 6.42 Å². The molecule has 1 N–H and O–H groups in total. The van der Waals surface area contributed by atoms with Crippen molar-refractivity contribution in [2.75, 3.05) is 5.32 Å². The van der Waals surface area contributed by atoms with E-state index in [2.05, 4.69) is 22.3 Å². The van der Waals surface area contributed by atoms with Crippen LogP contribution in [0.15, 0.2) is 12.4 Å². The minimum atomic E-state index is -0.556. The summed E-state index contributed by atoms with van der Waals surface area (Å²) in [6, 6.07) is 0. The molecule has 0 saturated carbocycles. The van der Waals surface area contributed by atoms with Crippen LogP contribution in [0.2, 0.25) is 0 Å². The van der Waals surface area contributed by atoms with Gasteiger partial charge in [0.25, 0.3) is 5.91 Å². The normalized spacial score (nSPS) is 10.5. The van der Waals surface area contributed by atoms with E-state index >= 15 is 0 Å². The third-order valence-corrected chi connectivity index (χ3v) is 2.41. The zero-order chi connectivity index (χ0) is 15.9. The first kappa shape index (κ1) is 16.8. The Morgan fingerprint density at radius 3 is 2.76 bits per heavy atom. The number of anilines is 1. The first-order valence-corrected chi connectivity index (χ1v) is 6.82. The Hall–Kier alpha value is -2.29. The van der Waals surface area contributed by atoms with E-state index in [4.69, 9.17) is 4.74 Å². The minimum absolute atomic E-state index is 0.00743. The molecular weight excluding hydrogens is 270 g/mol. The van der Waals surface area contributed by atoms with E-state index in [0.29, 0.717) is 12.1 Å². The van der Waals surface area contributed by atoms with Crippen molar-refractivity contribution in [3.8, 4) is 11.8 Å². The molecule has 21 heavy (non-hydrogen) atoms. The lowest BCUT2D eigenvalue weighted by Crippen LogP contribution is -2.24. The number of rotatable bonds is 4. The second-order valence-corrected chi connectivity index (χ2v) is 5.59. The highest BCUT2D eigenvalue weighted by molar-refractivity contribution is 6.03. The van der Waals surface area contributed by atoms with Crippen LogP contribution < -0.4 is 5.32 Å². The van der Waals surface area contributed by atoms with Gasteiger partial charge in [0.2, 0.25) is 0 Å². The molecule has 0 radical (unpaired) electrons. The summed E-state index contributed by atoms with van der Waals surface area (Å²) in [4.78, 5) is 23.1. The van der Waals surface area contributed by atoms with E-state index in [1.807, 2.05) is 6.92 Å². The standard InChI is InChI=1S/C15H21N3O3/c1-5-6-7-8-13(19)17-12-9-16-18(10-12)11-21-14(20)15(2,3)4/h9-10H,5-6,11H2,1-4H3,(H,17,19). The number of carbonyl (C=O) groups is 2. The molecule has 1 aromatic rings. The van der Waals surface area contributed by atoms with Crippen molar-refractivity contribution in [3.63, 3.8) is 0 Å². The number of nitrogens with zero attached hydrogens (tertiary/aromatic N) is 2. The number of amides is 1. The summed E-state index contributed by atoms with van der Waals surface area (Å²) in [6.07, 6.45) is 4.66. The zero-order valence-corrected chi connectivity index (χ0v) is 12.9. The van der Waals surface area contributed by atoms with Gasteiger partial charge in [0.1, 0.15) is 0 Å². The molecule has 0 spiro atoms. The molecule has 0 saturated heterocycles. The lowest BCUT2D eigenvalue weighted by Gasteiger charge is -2.16. The predicted octanol–water partition coefficient (Wildman–Crippen LogP) is 2.17. The second-order valence-electron chi connectivity index (χ2n) is 5.59. The molecule has 1 rings (SSSR count). The Morgan fingerprint density at radius 1 is 1.43 bits per heavy atom. The van der Waals surface area contributed by atoms with Crippen molar-refractivity contribution in [2.24, 2.45) is 5.41 Å². The highest BCUT2D eigenvalue weighted by Gasteiger charge is 2.23. The van der Waals surface area contributed by atoms with E-state index in [-0.39, 0.29) is 18.6 Å². The van der Waals surface area contributed by atoms with Crippen molar-refractivity contribution in [1.29, 1.82) is 0 Å². The van der Waals surface area contributed by atoms with Gasteiger partial charge in [-0.3, -0.25) is 9.59 Å². The minimum Gasteiger partial charge on any atom is -0.442 e. The van der Waals surface area contributed by atoms with Gasteiger partial charge in [-0.2, -0.15) is 5.10 Å². The number of esters is 1. The fourth-order valence-corrected chi connectivity index (χ4v) is 1.27. The van der Waals surface area contributed by atoms with E-state index in [1.54, 1.807) is 27.0 Å². The highest BCUT2D eigenvalue weighted by Crippen LogP contribution is 2.15. The van der Waals surface area contributed by atoms with Gasteiger partial charge in [-0.25, -0.2) is 4.68 Å². The van der Waals surface area contributed by atoms with E-state index in [9.17, 15) is 9.59 Å². The van der Waals surface area contributed by atoms with Crippen LogP contribution in [0.4, 0.5) is 5.69 Å². The molecule has 0 bridgehead atoms. The van der Waals surface area contributed by atoms with Gasteiger partial charge in [0.15, 0.2) is 6.73 Å². The largest absolute Gasteiger partial charge is 0.442 e. The summed E-state index contributed by atoms with van der Waals surface area (Å²) >= 11 is 0. The third-order valence-electron chi connectivity index (χ3n) is 2.41. The molecule has 0 aliphatic rings. The van der Waals surface area contributed by atoms with Gasteiger partial charge in [-0.1, -0.05) is 12.8 Å². The molecule has 0 aliphatic carbocycles. The second kappa shape index (κ2) is 7.48. The molecule has 1 amide bonds. The average Bonchev–Trinajstić information content (AvgIpc) is 2.82. The van der Waals surface area contributed by atoms with Crippen LogP contribution >= 0.6 is 0 Å². The molecule has 0 fully saturated rings. The van der Waals surface area contributed by atoms with E-state index in [0.717, 1.165) is 6.42 Å². The predicted molar refractivity (Wildman–Crippen MR) is 79.1 cm³/mol. The molecule has 1 heterocycles. The van der Waals surface area contributed by atoms with Crippen LogP contribution in [0.3, 0.4) is 0 Å². The summed E-state index contributed by atoms with van der Waals surface area (Å²) in [5, 5.41) is 6.60. The van der Waals surface area contributed by atoms with E-state index in [1.165, 1.54) is 10.9 Å². The Balaban J connectivity index is 2.49. The molecule has 0 aliphatic heterocycles. The maximum atomic E-state index is 11.6. The van der Waals surface area contributed by atoms with Crippen LogP contribution in [-0.2, 0) is 21.1 Å². The lowest BCUT2D eigenvalue weighted by atomic mass is 9.98. The summed E-state index contributed by atoms with van der Waals surface area (Å²) in [5.74, 6) is 4.56. The first-order chi connectivity index (χ1) is 9.82. The molecular formula is C15H21N3O3. The molecule has 0 unspecified atom stereocenters. The summed E-state index contributed by atoms with van der Waals surface area (Å²) in [5.41, 5.74) is -0.0448. The lowest BCUT2D eigenvalue weighted by molar-refractivity contribution is -0.157. The Kier molecular flexibility index (Phi) is 5.97. The van der Waals surface area contributed by atoms with Crippen LogP contribution in [0, 0.1) is 17.3 Å². The number of carbonyl (C=O) groups excluding carboxylic acids is 2. The zero-order valence-electron chi connectivity index (χ0n) is 12.9. The summed E-state index contributed by atoms with van der Waals surface area (Å²) in [6.45, 7) is 7.33. The van der Waals surface area contributed by atoms with Crippen LogP contribution in [0.5, 0.6) is 0 Å². The number of hydrogen-bond acceptors (Lipinski definition) is 4. The van der Waals surface area contributed by atoms with Crippen molar-refractivity contribution in [3.05, 3.63) is 12.4 Å². The fraction of sp³-hybridized carbons (Fsp3) is 0.533. The fourth-order valence-electron chi connectivity index (χ4n) is 1.27. The molecule has 1 aromatic heterocycles. The summed E-state index contributed by atoms with van der Waals surface area (Å²) in [7, 11) is 0. The number of unbranched alkanes of at least 4 members (excludes halogenated alkanes) is 1. The number of nitrogens with one attached hydrogen (secondary N) is 1. The number of aromatic nitrogens is 2. The third kappa shape index (κ3) is 6.13. The first-order valence-electron chi connectivity index (χ1n) is 6.82. The SMILES string of the molecule is CCCC#CC(=O)Nc1cnn(COC(=O)C(C)(C)C)c1. The molecule has 6 nitrogen and oxygen atoms in total. The van der Waals surface area contributed by atoms with Gasteiger partial charge in [-0.05, 0) is 33.1 Å². The Morgan fingerprint density at radius 2 is 2.14 bits per heavy atom. The van der Waals surface area contributed by atoms with Gasteiger partial charge in [0.05, 0.1) is 23.5 Å². The van der Waals surface area contributed by atoms with Gasteiger partial charge < -0.3 is 10.1 Å². The van der Waals surface area contributed by atoms with Crippen molar-refractivity contribution in [1.82, 2.24) is 9.78 Å². The van der Waals surface area contributed by atoms with Crippen molar-refractivity contribution >= 4 is 17.6 Å². The van der Waals surface area contributed by atoms with Crippen LogP contribution in [-0.4, -0.2) is 21.7 Å². The molecule has 0 atom stereocenters. The van der Waals surface area contributed by atoms with Crippen molar-refractivity contribution < 1.29 is 14.3 Å². The highest BCUT2D eigenvalue weighted by atomic mass is 16.5. The number of hydrogen-bond donors (Lipinski definition) is 1.